The van der Waals surface area contributed by atoms with Crippen molar-refractivity contribution in [2.45, 2.75) is 0 Å². The van der Waals surface area contributed by atoms with Crippen LogP contribution in [0.2, 0.25) is 0 Å². The number of hydrogen-bond acceptors (Lipinski definition) is 5. The van der Waals surface area contributed by atoms with Crippen LogP contribution in [-0.2, 0) is 0 Å². The second-order valence-electron chi connectivity index (χ2n) is 10.6. The molecule has 0 saturated heterocycles. The maximum absolute atomic E-state index is 5.09. The van der Waals surface area contributed by atoms with Crippen LogP contribution < -0.4 is 0 Å². The molecule has 0 N–H and O–H groups in total. The highest BCUT2D eigenvalue weighted by Crippen LogP contribution is 2.40. The number of benzene rings is 4. The third-order valence-electron chi connectivity index (χ3n) is 8.07. The fraction of sp³-hybridized carbons (Fsp3) is 0. The lowest BCUT2D eigenvalue weighted by Gasteiger charge is -2.10. The molecule has 0 aliphatic rings. The minimum Gasteiger partial charge on any atom is -0.308 e. The number of rotatable bonds is 4. The van der Waals surface area contributed by atoms with Gasteiger partial charge in [-0.3, -0.25) is 9.55 Å². The summed E-state index contributed by atoms with van der Waals surface area (Å²) < 4.78 is 4.33. The molecule has 0 unspecified atom stereocenters. The van der Waals surface area contributed by atoms with Crippen LogP contribution in [0.25, 0.3) is 78.3 Å². The van der Waals surface area contributed by atoms with Crippen molar-refractivity contribution in [1.82, 2.24) is 34.1 Å². The lowest BCUT2D eigenvalue weighted by atomic mass is 10.1. The van der Waals surface area contributed by atoms with Gasteiger partial charge in [0.15, 0.2) is 17.3 Å². The highest BCUT2D eigenvalue weighted by atomic mass is 15.2. The minimum absolute atomic E-state index is 0.486. The largest absolute Gasteiger partial charge is 0.308 e. The molecule has 0 spiro atoms. The van der Waals surface area contributed by atoms with E-state index < -0.39 is 0 Å². The summed E-state index contributed by atoms with van der Waals surface area (Å²) in [7, 11) is 0. The van der Waals surface area contributed by atoms with Crippen molar-refractivity contribution < 1.29 is 0 Å². The molecule has 206 valence electrons. The third-order valence-corrected chi connectivity index (χ3v) is 8.07. The van der Waals surface area contributed by atoms with Gasteiger partial charge in [0.05, 0.1) is 21.9 Å². The number of aromatic nitrogens is 7. The van der Waals surface area contributed by atoms with Crippen LogP contribution in [-0.4, -0.2) is 34.1 Å². The first kappa shape index (κ1) is 24.4. The second kappa shape index (κ2) is 9.68. The Bertz CT molecular complexity index is 2420. The molecule has 5 heterocycles. The smallest absolute Gasteiger partial charge is 0.240 e. The zero-order valence-electron chi connectivity index (χ0n) is 23.4. The summed E-state index contributed by atoms with van der Waals surface area (Å²) >= 11 is 0. The standard InChI is InChI=1S/C37H23N7/c1-4-13-24(14-5-1)34-40-35(25-15-6-2-7-16-25)42-37(41-34)44-30-21-12-22-38-32(30)31-33-28(23-39-36(31)44)27-19-10-11-20-29(27)43(33)26-17-8-3-9-18-26/h1-23H. The molecule has 0 radical (unpaired) electrons. The minimum atomic E-state index is 0.486. The maximum atomic E-state index is 5.09. The van der Waals surface area contributed by atoms with Gasteiger partial charge in [-0.15, -0.1) is 0 Å². The van der Waals surface area contributed by atoms with E-state index >= 15 is 0 Å². The van der Waals surface area contributed by atoms with Crippen LogP contribution in [0.1, 0.15) is 0 Å². The normalized spacial score (nSPS) is 11.6. The summed E-state index contributed by atoms with van der Waals surface area (Å²) in [4.78, 5) is 25.0. The van der Waals surface area contributed by atoms with Crippen LogP contribution in [0.4, 0.5) is 0 Å². The van der Waals surface area contributed by atoms with Crippen molar-refractivity contribution in [1.29, 1.82) is 0 Å². The number of nitrogens with zero attached hydrogens (tertiary/aromatic N) is 7. The Morgan fingerprint density at radius 3 is 1.80 bits per heavy atom. The van der Waals surface area contributed by atoms with Gasteiger partial charge in [0.25, 0.3) is 0 Å². The predicted molar refractivity (Wildman–Crippen MR) is 175 cm³/mol. The molecule has 0 saturated carbocycles. The van der Waals surface area contributed by atoms with E-state index in [0.717, 1.165) is 60.7 Å². The molecular weight excluding hydrogens is 542 g/mol. The first-order chi connectivity index (χ1) is 21.8. The summed E-state index contributed by atoms with van der Waals surface area (Å²) in [5, 5.41) is 3.14. The van der Waals surface area contributed by atoms with Crippen molar-refractivity contribution in [3.63, 3.8) is 0 Å². The van der Waals surface area contributed by atoms with Gasteiger partial charge in [0.1, 0.15) is 5.52 Å². The molecular formula is C37H23N7. The van der Waals surface area contributed by atoms with Gasteiger partial charge in [0.2, 0.25) is 5.95 Å². The lowest BCUT2D eigenvalue weighted by molar-refractivity contribution is 0.944. The number of pyridine rings is 2. The van der Waals surface area contributed by atoms with Gasteiger partial charge in [-0.05, 0) is 30.3 Å². The molecule has 44 heavy (non-hydrogen) atoms. The quantitative estimate of drug-likeness (QED) is 0.215. The van der Waals surface area contributed by atoms with Crippen molar-refractivity contribution in [2.75, 3.05) is 0 Å². The molecule has 7 nitrogen and oxygen atoms in total. The van der Waals surface area contributed by atoms with Crippen LogP contribution >= 0.6 is 0 Å². The van der Waals surface area contributed by atoms with Gasteiger partial charge in [-0.25, -0.2) is 9.97 Å². The summed E-state index contributed by atoms with van der Waals surface area (Å²) in [6, 6.07) is 42.9. The highest BCUT2D eigenvalue weighted by Gasteiger charge is 2.24. The first-order valence-corrected chi connectivity index (χ1v) is 14.5. The van der Waals surface area contributed by atoms with Crippen molar-refractivity contribution >= 4 is 43.9 Å². The summed E-state index contributed by atoms with van der Waals surface area (Å²) in [5.41, 5.74) is 7.48. The Hall–Kier alpha value is -6.21. The van der Waals surface area contributed by atoms with E-state index in [2.05, 4.69) is 59.2 Å². The number of fused-ring (bicyclic) bond motifs is 7. The van der Waals surface area contributed by atoms with Gasteiger partial charge in [-0.1, -0.05) is 97.1 Å². The molecule has 0 atom stereocenters. The maximum Gasteiger partial charge on any atom is 0.240 e. The molecule has 0 bridgehead atoms. The molecule has 9 aromatic rings. The van der Waals surface area contributed by atoms with Gasteiger partial charge in [0, 0.05) is 40.0 Å². The van der Waals surface area contributed by atoms with Crippen LogP contribution in [0, 0.1) is 0 Å². The second-order valence-corrected chi connectivity index (χ2v) is 10.6. The van der Waals surface area contributed by atoms with E-state index in [-0.39, 0.29) is 0 Å². The molecule has 0 aliphatic carbocycles. The van der Waals surface area contributed by atoms with Gasteiger partial charge < -0.3 is 4.57 Å². The summed E-state index contributed by atoms with van der Waals surface area (Å²) in [6.07, 6.45) is 3.80. The molecule has 5 aromatic heterocycles. The fourth-order valence-corrected chi connectivity index (χ4v) is 6.15. The number of para-hydroxylation sites is 2. The number of hydrogen-bond donors (Lipinski definition) is 0. The average Bonchev–Trinajstić information content (AvgIpc) is 3.62. The lowest BCUT2D eigenvalue weighted by Crippen LogP contribution is -2.07. The fourth-order valence-electron chi connectivity index (χ4n) is 6.15. The Morgan fingerprint density at radius 2 is 1.09 bits per heavy atom. The zero-order chi connectivity index (χ0) is 29.0. The molecule has 0 fully saturated rings. The van der Waals surface area contributed by atoms with Crippen LogP contribution in [0.5, 0.6) is 0 Å². The zero-order valence-corrected chi connectivity index (χ0v) is 23.4. The molecule has 0 aliphatic heterocycles. The van der Waals surface area contributed by atoms with Crippen molar-refractivity contribution in [3.05, 3.63) is 140 Å². The van der Waals surface area contributed by atoms with E-state index in [4.69, 9.17) is 24.9 Å². The van der Waals surface area contributed by atoms with Crippen molar-refractivity contribution in [3.8, 4) is 34.4 Å². The molecule has 7 heteroatoms. The first-order valence-electron chi connectivity index (χ1n) is 14.5. The van der Waals surface area contributed by atoms with E-state index in [0.29, 0.717) is 17.6 Å². The van der Waals surface area contributed by atoms with Crippen molar-refractivity contribution in [2.24, 2.45) is 0 Å². The van der Waals surface area contributed by atoms with Crippen LogP contribution in [0.15, 0.2) is 140 Å². The molecule has 4 aromatic carbocycles. The highest BCUT2D eigenvalue weighted by molar-refractivity contribution is 6.24. The predicted octanol–water partition coefficient (Wildman–Crippen LogP) is 8.19. The Kier molecular flexibility index (Phi) is 5.36. The molecule has 9 rings (SSSR count). The average molecular weight is 566 g/mol. The van der Waals surface area contributed by atoms with E-state index in [1.165, 1.54) is 0 Å². The SMILES string of the molecule is c1ccc(-c2nc(-c3ccccc3)nc(-n3c4cccnc4c4c3ncc3c5ccccc5n(-c5ccccc5)c34)n2)cc1. The van der Waals surface area contributed by atoms with Gasteiger partial charge >= 0.3 is 0 Å². The van der Waals surface area contributed by atoms with Crippen LogP contribution in [0.3, 0.4) is 0 Å². The summed E-state index contributed by atoms with van der Waals surface area (Å²) in [6.45, 7) is 0. The van der Waals surface area contributed by atoms with E-state index in [1.54, 1.807) is 0 Å². The third kappa shape index (κ3) is 3.66. The Balaban J connectivity index is 1.43. The molecule has 0 amide bonds. The Labute approximate surface area is 251 Å². The monoisotopic (exact) mass is 565 g/mol. The summed E-state index contributed by atoms with van der Waals surface area (Å²) in [5.74, 6) is 1.67. The Morgan fingerprint density at radius 1 is 0.477 bits per heavy atom. The van der Waals surface area contributed by atoms with E-state index in [9.17, 15) is 0 Å². The van der Waals surface area contributed by atoms with E-state index in [1.807, 2.05) is 89.8 Å². The topological polar surface area (TPSA) is 74.3 Å². The van der Waals surface area contributed by atoms with Gasteiger partial charge in [-0.2, -0.15) is 9.97 Å².